The van der Waals surface area contributed by atoms with E-state index in [4.69, 9.17) is 4.98 Å². The third kappa shape index (κ3) is 4.27. The highest BCUT2D eigenvalue weighted by molar-refractivity contribution is 5.80. The van der Waals surface area contributed by atoms with Gasteiger partial charge in [-0.1, -0.05) is 55.3 Å². The van der Waals surface area contributed by atoms with Crippen molar-refractivity contribution < 1.29 is 4.79 Å². The molecule has 5 rings (SSSR count). The average molecular weight is 431 g/mol. The molecule has 166 valence electrons. The molecular weight excluding hydrogens is 400 g/mol. The molecule has 0 radical (unpaired) electrons. The fourth-order valence-corrected chi connectivity index (χ4v) is 5.08. The molecule has 1 N–H and O–H groups in total. The number of carbonyl (C=O) groups is 1. The maximum atomic E-state index is 13.6. The van der Waals surface area contributed by atoms with Crippen LogP contribution >= 0.6 is 0 Å². The summed E-state index contributed by atoms with van der Waals surface area (Å²) in [5.74, 6) is 0.490. The maximum absolute atomic E-state index is 13.6. The van der Waals surface area contributed by atoms with E-state index in [0.717, 1.165) is 48.8 Å². The number of carbonyl (C=O) groups excluding carboxylic acids is 1. The van der Waals surface area contributed by atoms with Gasteiger partial charge in [-0.25, -0.2) is 4.98 Å². The van der Waals surface area contributed by atoms with E-state index in [1.807, 2.05) is 64.1 Å². The Hall–Kier alpha value is -3.15. The van der Waals surface area contributed by atoms with Crippen molar-refractivity contribution in [3.05, 3.63) is 70.5 Å². The Morgan fingerprint density at radius 3 is 2.53 bits per heavy atom. The minimum Gasteiger partial charge on any atom is -0.353 e. The number of rotatable bonds is 5. The van der Waals surface area contributed by atoms with Crippen LogP contribution in [0.2, 0.25) is 0 Å². The van der Waals surface area contributed by atoms with Crippen LogP contribution in [-0.4, -0.2) is 34.6 Å². The molecule has 3 aromatic rings. The van der Waals surface area contributed by atoms with Gasteiger partial charge in [0.15, 0.2) is 5.82 Å². The molecule has 1 aliphatic heterocycles. The first-order chi connectivity index (χ1) is 15.7. The molecule has 2 aromatic carbocycles. The van der Waals surface area contributed by atoms with Gasteiger partial charge in [-0.3, -0.25) is 14.2 Å². The number of anilines is 1. The maximum Gasteiger partial charge on any atom is 0.294 e. The Bertz CT molecular complexity index is 1150. The van der Waals surface area contributed by atoms with E-state index in [2.05, 4.69) is 5.32 Å². The summed E-state index contributed by atoms with van der Waals surface area (Å²) < 4.78 is 1.81. The minimum atomic E-state index is -0.0976. The number of para-hydroxylation sites is 2. The van der Waals surface area contributed by atoms with Gasteiger partial charge in [0.2, 0.25) is 5.91 Å². The zero-order valence-electron chi connectivity index (χ0n) is 18.4. The minimum absolute atomic E-state index is 0.0931. The summed E-state index contributed by atoms with van der Waals surface area (Å²) in [5.41, 5.74) is 2.61. The number of aromatic nitrogens is 2. The molecule has 32 heavy (non-hydrogen) atoms. The van der Waals surface area contributed by atoms with Crippen LogP contribution in [0.4, 0.5) is 5.82 Å². The molecule has 0 spiro atoms. The summed E-state index contributed by atoms with van der Waals surface area (Å²) in [4.78, 5) is 33.3. The molecule has 0 unspecified atom stereocenters. The summed E-state index contributed by atoms with van der Waals surface area (Å²) >= 11 is 0. The SMILES string of the molecule is O=C(NC1CCCC1)[C@@H]1CCCN(c2nc3ccccc3n(Cc3ccccc3)c2=O)C1. The summed E-state index contributed by atoms with van der Waals surface area (Å²) in [6.07, 6.45) is 6.31. The monoisotopic (exact) mass is 430 g/mol. The Kier molecular flexibility index (Phi) is 5.93. The number of nitrogens with zero attached hydrogens (tertiary/aromatic N) is 3. The van der Waals surface area contributed by atoms with Crippen molar-refractivity contribution in [3.63, 3.8) is 0 Å². The van der Waals surface area contributed by atoms with Gasteiger partial charge in [-0.2, -0.15) is 0 Å². The van der Waals surface area contributed by atoms with E-state index in [-0.39, 0.29) is 17.4 Å². The van der Waals surface area contributed by atoms with Gasteiger partial charge in [0, 0.05) is 19.1 Å². The number of fused-ring (bicyclic) bond motifs is 1. The quantitative estimate of drug-likeness (QED) is 0.670. The van der Waals surface area contributed by atoms with Crippen LogP contribution in [0, 0.1) is 5.92 Å². The smallest absolute Gasteiger partial charge is 0.294 e. The van der Waals surface area contributed by atoms with Gasteiger partial charge >= 0.3 is 0 Å². The van der Waals surface area contributed by atoms with Crippen LogP contribution in [0.1, 0.15) is 44.1 Å². The van der Waals surface area contributed by atoms with E-state index in [1.165, 1.54) is 12.8 Å². The zero-order chi connectivity index (χ0) is 21.9. The lowest BCUT2D eigenvalue weighted by Gasteiger charge is -2.33. The molecule has 2 heterocycles. The third-order valence-electron chi connectivity index (χ3n) is 6.81. The van der Waals surface area contributed by atoms with Crippen molar-refractivity contribution in [2.45, 2.75) is 51.1 Å². The summed E-state index contributed by atoms with van der Waals surface area (Å²) in [6.45, 7) is 1.79. The van der Waals surface area contributed by atoms with Crippen LogP contribution < -0.4 is 15.8 Å². The van der Waals surface area contributed by atoms with Crippen molar-refractivity contribution in [3.8, 4) is 0 Å². The van der Waals surface area contributed by atoms with E-state index >= 15 is 0 Å². The van der Waals surface area contributed by atoms with Crippen LogP contribution in [0.15, 0.2) is 59.4 Å². The highest BCUT2D eigenvalue weighted by Crippen LogP contribution is 2.24. The van der Waals surface area contributed by atoms with Crippen LogP contribution in [0.25, 0.3) is 11.0 Å². The van der Waals surface area contributed by atoms with Crippen LogP contribution in [0.3, 0.4) is 0 Å². The normalized spacial score (nSPS) is 19.4. The molecule has 1 aliphatic carbocycles. The molecular formula is C26H30N4O2. The van der Waals surface area contributed by atoms with Crippen molar-refractivity contribution >= 4 is 22.8 Å². The lowest BCUT2D eigenvalue weighted by Crippen LogP contribution is -2.47. The van der Waals surface area contributed by atoms with Crippen molar-refractivity contribution in [1.29, 1.82) is 0 Å². The summed E-state index contributed by atoms with van der Waals surface area (Å²) in [6, 6.07) is 18.1. The van der Waals surface area contributed by atoms with Crippen molar-refractivity contribution in [1.82, 2.24) is 14.9 Å². The molecule has 0 bridgehead atoms. The zero-order valence-corrected chi connectivity index (χ0v) is 18.4. The molecule has 1 atom stereocenters. The highest BCUT2D eigenvalue weighted by Gasteiger charge is 2.30. The Balaban J connectivity index is 1.45. The third-order valence-corrected chi connectivity index (χ3v) is 6.81. The van der Waals surface area contributed by atoms with Crippen LogP contribution in [-0.2, 0) is 11.3 Å². The molecule has 1 aromatic heterocycles. The standard InChI is InChI=1S/C26H30N4O2/c31-25(27-21-12-4-5-13-21)20-11-8-16-29(18-20)24-26(32)30(17-19-9-2-1-3-10-19)23-15-7-6-14-22(23)28-24/h1-3,6-7,9-10,14-15,20-21H,4-5,8,11-13,16-18H2,(H,27,31)/t20-/m1/s1. The molecule has 6 heteroatoms. The Morgan fingerprint density at radius 2 is 1.72 bits per heavy atom. The van der Waals surface area contributed by atoms with E-state index in [9.17, 15) is 9.59 Å². The second-order valence-corrected chi connectivity index (χ2v) is 9.08. The van der Waals surface area contributed by atoms with E-state index in [1.54, 1.807) is 0 Å². The number of amides is 1. The second-order valence-electron chi connectivity index (χ2n) is 9.08. The van der Waals surface area contributed by atoms with Crippen molar-refractivity contribution in [2.24, 2.45) is 5.92 Å². The molecule has 6 nitrogen and oxygen atoms in total. The lowest BCUT2D eigenvalue weighted by atomic mass is 9.96. The molecule has 1 saturated heterocycles. The first-order valence-corrected chi connectivity index (χ1v) is 11.8. The molecule has 1 saturated carbocycles. The summed E-state index contributed by atoms with van der Waals surface area (Å²) in [5, 5.41) is 3.24. The summed E-state index contributed by atoms with van der Waals surface area (Å²) in [7, 11) is 0. The average Bonchev–Trinajstić information content (AvgIpc) is 3.34. The largest absolute Gasteiger partial charge is 0.353 e. The number of piperidine rings is 1. The van der Waals surface area contributed by atoms with E-state index < -0.39 is 0 Å². The highest BCUT2D eigenvalue weighted by atomic mass is 16.2. The van der Waals surface area contributed by atoms with Gasteiger partial charge in [-0.15, -0.1) is 0 Å². The molecule has 2 fully saturated rings. The number of benzene rings is 2. The van der Waals surface area contributed by atoms with E-state index in [0.29, 0.717) is 24.9 Å². The van der Waals surface area contributed by atoms with Gasteiger partial charge < -0.3 is 10.2 Å². The fraction of sp³-hybridized carbons (Fsp3) is 0.423. The second kappa shape index (κ2) is 9.15. The van der Waals surface area contributed by atoms with Crippen LogP contribution in [0.5, 0.6) is 0 Å². The van der Waals surface area contributed by atoms with Crippen molar-refractivity contribution in [2.75, 3.05) is 18.0 Å². The topological polar surface area (TPSA) is 67.2 Å². The van der Waals surface area contributed by atoms with Gasteiger partial charge in [0.05, 0.1) is 23.5 Å². The first-order valence-electron chi connectivity index (χ1n) is 11.8. The number of nitrogens with one attached hydrogen (secondary N) is 1. The fourth-order valence-electron chi connectivity index (χ4n) is 5.08. The predicted molar refractivity (Wildman–Crippen MR) is 127 cm³/mol. The molecule has 2 aliphatic rings. The lowest BCUT2D eigenvalue weighted by molar-refractivity contribution is -0.125. The first kappa shape index (κ1) is 20.7. The number of hydrogen-bond acceptors (Lipinski definition) is 4. The Labute approximate surface area is 188 Å². The van der Waals surface area contributed by atoms with Gasteiger partial charge in [-0.05, 0) is 43.4 Å². The predicted octanol–water partition coefficient (Wildman–Crippen LogP) is 3.72. The van der Waals surface area contributed by atoms with Gasteiger partial charge in [0.1, 0.15) is 0 Å². The van der Waals surface area contributed by atoms with Gasteiger partial charge in [0.25, 0.3) is 5.56 Å². The number of hydrogen-bond donors (Lipinski definition) is 1. The molecule has 1 amide bonds. The Morgan fingerprint density at radius 1 is 0.969 bits per heavy atom.